The molecular formula is C17H13FO3. The molecule has 106 valence electrons. The molecule has 0 amide bonds. The molecule has 2 aromatic carbocycles. The Labute approximate surface area is 120 Å². The molecule has 0 saturated carbocycles. The number of hydrogen-bond donors (Lipinski definition) is 1. The molecule has 3 aromatic rings. The predicted octanol–water partition coefficient (Wildman–Crippen LogP) is 4.50. The number of aryl methyl sites for hydroxylation is 1. The van der Waals surface area contributed by atoms with Crippen molar-refractivity contribution in [2.45, 2.75) is 13.3 Å². The van der Waals surface area contributed by atoms with E-state index in [-0.39, 0.29) is 16.7 Å². The Morgan fingerprint density at radius 3 is 2.52 bits per heavy atom. The van der Waals surface area contributed by atoms with Gasteiger partial charge in [0, 0.05) is 10.9 Å². The highest BCUT2D eigenvalue weighted by molar-refractivity contribution is 6.08. The number of benzene rings is 2. The van der Waals surface area contributed by atoms with E-state index in [1.807, 2.05) is 31.2 Å². The number of carbonyl (C=O) groups is 1. The lowest BCUT2D eigenvalue weighted by atomic mass is 10.0. The number of furan rings is 1. The van der Waals surface area contributed by atoms with E-state index in [4.69, 9.17) is 4.42 Å². The average Bonchev–Trinajstić information content (AvgIpc) is 2.86. The molecule has 0 unspecified atom stereocenters. The Bertz CT molecular complexity index is 816. The SMILES string of the molecule is CCc1ccc(-c2oc3ccc(F)cc3c2C(=O)O)cc1. The number of carboxylic acids is 1. The van der Waals surface area contributed by atoms with Gasteiger partial charge in [0.15, 0.2) is 0 Å². The first kappa shape index (κ1) is 13.4. The lowest BCUT2D eigenvalue weighted by molar-refractivity contribution is 0.0699. The van der Waals surface area contributed by atoms with E-state index in [1.165, 1.54) is 18.2 Å². The van der Waals surface area contributed by atoms with E-state index in [1.54, 1.807) is 0 Å². The molecule has 0 fully saturated rings. The van der Waals surface area contributed by atoms with Gasteiger partial charge >= 0.3 is 5.97 Å². The van der Waals surface area contributed by atoms with Gasteiger partial charge in [-0.15, -0.1) is 0 Å². The molecule has 0 aliphatic carbocycles. The molecule has 0 aliphatic heterocycles. The van der Waals surface area contributed by atoms with Crippen LogP contribution in [0.5, 0.6) is 0 Å². The summed E-state index contributed by atoms with van der Waals surface area (Å²) in [5, 5.41) is 9.70. The quantitative estimate of drug-likeness (QED) is 0.770. The summed E-state index contributed by atoms with van der Waals surface area (Å²) in [6.07, 6.45) is 0.900. The van der Waals surface area contributed by atoms with Crippen molar-refractivity contribution in [3.05, 3.63) is 59.4 Å². The molecule has 0 bridgehead atoms. The van der Waals surface area contributed by atoms with Crippen LogP contribution in [0.4, 0.5) is 4.39 Å². The molecule has 0 aliphatic rings. The number of rotatable bonds is 3. The van der Waals surface area contributed by atoms with Gasteiger partial charge in [0.05, 0.1) is 0 Å². The average molecular weight is 284 g/mol. The van der Waals surface area contributed by atoms with Crippen LogP contribution >= 0.6 is 0 Å². The van der Waals surface area contributed by atoms with Crippen LogP contribution in [0.1, 0.15) is 22.8 Å². The summed E-state index contributed by atoms with van der Waals surface area (Å²) in [4.78, 5) is 11.5. The highest BCUT2D eigenvalue weighted by atomic mass is 19.1. The molecule has 1 N–H and O–H groups in total. The van der Waals surface area contributed by atoms with Gasteiger partial charge < -0.3 is 9.52 Å². The zero-order chi connectivity index (χ0) is 15.0. The smallest absolute Gasteiger partial charge is 0.340 e. The number of fused-ring (bicyclic) bond motifs is 1. The highest BCUT2D eigenvalue weighted by Gasteiger charge is 2.21. The summed E-state index contributed by atoms with van der Waals surface area (Å²) < 4.78 is 19.0. The fraction of sp³-hybridized carbons (Fsp3) is 0.118. The maximum absolute atomic E-state index is 13.4. The number of carboxylic acid groups (broad SMARTS) is 1. The van der Waals surface area contributed by atoms with Gasteiger partial charge in [0.1, 0.15) is 22.7 Å². The summed E-state index contributed by atoms with van der Waals surface area (Å²) in [7, 11) is 0. The van der Waals surface area contributed by atoms with Crippen molar-refractivity contribution in [1.82, 2.24) is 0 Å². The minimum atomic E-state index is -1.13. The van der Waals surface area contributed by atoms with Crippen LogP contribution < -0.4 is 0 Å². The highest BCUT2D eigenvalue weighted by Crippen LogP contribution is 2.34. The predicted molar refractivity (Wildman–Crippen MR) is 77.9 cm³/mol. The Morgan fingerprint density at radius 2 is 1.90 bits per heavy atom. The van der Waals surface area contributed by atoms with E-state index in [0.717, 1.165) is 12.0 Å². The lowest BCUT2D eigenvalue weighted by Gasteiger charge is -2.01. The molecule has 1 aromatic heterocycles. The summed E-state index contributed by atoms with van der Waals surface area (Å²) in [5.41, 5.74) is 2.18. The molecule has 1 heterocycles. The third kappa shape index (κ3) is 2.29. The summed E-state index contributed by atoms with van der Waals surface area (Å²) >= 11 is 0. The molecule has 0 atom stereocenters. The summed E-state index contributed by atoms with van der Waals surface area (Å²) in [6, 6.07) is 11.4. The van der Waals surface area contributed by atoms with E-state index >= 15 is 0 Å². The van der Waals surface area contributed by atoms with Crippen LogP contribution in [0, 0.1) is 5.82 Å². The number of aromatic carboxylic acids is 1. The molecular weight excluding hydrogens is 271 g/mol. The topological polar surface area (TPSA) is 50.4 Å². The van der Waals surface area contributed by atoms with Gasteiger partial charge in [-0.3, -0.25) is 0 Å². The molecule has 21 heavy (non-hydrogen) atoms. The molecule has 0 saturated heterocycles. The fourth-order valence-corrected chi connectivity index (χ4v) is 2.38. The molecule has 4 heteroatoms. The second kappa shape index (κ2) is 5.05. The van der Waals surface area contributed by atoms with Crippen molar-refractivity contribution < 1.29 is 18.7 Å². The van der Waals surface area contributed by atoms with Gasteiger partial charge in [-0.2, -0.15) is 0 Å². The van der Waals surface area contributed by atoms with Gasteiger partial charge in [0.2, 0.25) is 0 Å². The van der Waals surface area contributed by atoms with Gasteiger partial charge in [-0.1, -0.05) is 31.2 Å². The Balaban J connectivity index is 2.25. The maximum atomic E-state index is 13.4. The Hall–Kier alpha value is -2.62. The van der Waals surface area contributed by atoms with Crippen molar-refractivity contribution in [3.8, 4) is 11.3 Å². The van der Waals surface area contributed by atoms with Gasteiger partial charge in [0.25, 0.3) is 0 Å². The maximum Gasteiger partial charge on any atom is 0.340 e. The molecule has 3 nitrogen and oxygen atoms in total. The van der Waals surface area contributed by atoms with Crippen LogP contribution in [-0.4, -0.2) is 11.1 Å². The number of hydrogen-bond acceptors (Lipinski definition) is 2. The first-order valence-corrected chi connectivity index (χ1v) is 6.65. The van der Waals surface area contributed by atoms with Crippen molar-refractivity contribution in [2.24, 2.45) is 0 Å². The van der Waals surface area contributed by atoms with Crippen LogP contribution in [0.3, 0.4) is 0 Å². The minimum Gasteiger partial charge on any atom is -0.478 e. The fourth-order valence-electron chi connectivity index (χ4n) is 2.38. The van der Waals surface area contributed by atoms with E-state index in [2.05, 4.69) is 0 Å². The van der Waals surface area contributed by atoms with Gasteiger partial charge in [-0.05, 0) is 30.2 Å². The van der Waals surface area contributed by atoms with Crippen LogP contribution in [-0.2, 0) is 6.42 Å². The molecule has 0 spiro atoms. The zero-order valence-corrected chi connectivity index (χ0v) is 11.4. The molecule has 0 radical (unpaired) electrons. The first-order valence-electron chi connectivity index (χ1n) is 6.65. The third-order valence-electron chi connectivity index (χ3n) is 3.49. The minimum absolute atomic E-state index is 0.00579. The van der Waals surface area contributed by atoms with Crippen LogP contribution in [0.15, 0.2) is 46.9 Å². The van der Waals surface area contributed by atoms with Crippen molar-refractivity contribution in [3.63, 3.8) is 0 Å². The Kier molecular flexibility index (Phi) is 3.22. The monoisotopic (exact) mass is 284 g/mol. The van der Waals surface area contributed by atoms with E-state index in [0.29, 0.717) is 11.1 Å². The molecule has 3 rings (SSSR count). The zero-order valence-electron chi connectivity index (χ0n) is 11.4. The second-order valence-electron chi connectivity index (χ2n) is 4.80. The normalized spacial score (nSPS) is 11.0. The van der Waals surface area contributed by atoms with Crippen molar-refractivity contribution >= 4 is 16.9 Å². The third-order valence-corrected chi connectivity index (χ3v) is 3.49. The van der Waals surface area contributed by atoms with Crippen LogP contribution in [0.2, 0.25) is 0 Å². The second-order valence-corrected chi connectivity index (χ2v) is 4.80. The largest absolute Gasteiger partial charge is 0.478 e. The number of halogens is 1. The van der Waals surface area contributed by atoms with Gasteiger partial charge in [-0.25, -0.2) is 9.18 Å². The van der Waals surface area contributed by atoms with Crippen molar-refractivity contribution in [1.29, 1.82) is 0 Å². The summed E-state index contributed by atoms with van der Waals surface area (Å²) in [6.45, 7) is 2.04. The van der Waals surface area contributed by atoms with Crippen LogP contribution in [0.25, 0.3) is 22.3 Å². The van der Waals surface area contributed by atoms with E-state index in [9.17, 15) is 14.3 Å². The van der Waals surface area contributed by atoms with E-state index < -0.39 is 11.8 Å². The van der Waals surface area contributed by atoms with Crippen molar-refractivity contribution in [2.75, 3.05) is 0 Å². The first-order chi connectivity index (χ1) is 10.1. The standard InChI is InChI=1S/C17H13FO3/c1-2-10-3-5-11(6-4-10)16-15(17(19)20)13-9-12(18)7-8-14(13)21-16/h3-9H,2H2,1H3,(H,19,20). The lowest BCUT2D eigenvalue weighted by Crippen LogP contribution is -1.97. The Morgan fingerprint density at radius 1 is 1.19 bits per heavy atom. The summed E-state index contributed by atoms with van der Waals surface area (Å²) in [5.74, 6) is -1.36.